The first-order valence-electron chi connectivity index (χ1n) is 9.11. The van der Waals surface area contributed by atoms with Crippen molar-refractivity contribution in [1.29, 1.82) is 0 Å². The topological polar surface area (TPSA) is 58.4 Å². The fourth-order valence-electron chi connectivity index (χ4n) is 3.68. The van der Waals surface area contributed by atoms with E-state index in [0.29, 0.717) is 25.1 Å². The minimum absolute atomic E-state index is 0.248. The number of hydrogen-bond acceptors (Lipinski definition) is 2. The quantitative estimate of drug-likeness (QED) is 0.744. The third-order valence-corrected chi connectivity index (χ3v) is 5.02. The zero-order valence-corrected chi connectivity index (χ0v) is 15.3. The number of fused-ring (bicyclic) bond motifs is 1. The van der Waals surface area contributed by atoms with Crippen LogP contribution in [0.3, 0.4) is 0 Å². The van der Waals surface area contributed by atoms with Crippen molar-refractivity contribution < 1.29 is 27.5 Å². The molecule has 0 aliphatic carbocycles. The lowest BCUT2D eigenvalue weighted by Crippen LogP contribution is -2.41. The maximum absolute atomic E-state index is 13.8. The van der Waals surface area contributed by atoms with Gasteiger partial charge in [-0.2, -0.15) is 13.2 Å². The zero-order valence-electron chi connectivity index (χ0n) is 15.3. The van der Waals surface area contributed by atoms with Gasteiger partial charge in [0.25, 0.3) is 0 Å². The minimum atomic E-state index is -4.74. The van der Waals surface area contributed by atoms with Crippen LogP contribution in [0, 0.1) is 5.82 Å². The summed E-state index contributed by atoms with van der Waals surface area (Å²) in [6.45, 7) is 2.86. The van der Waals surface area contributed by atoms with Crippen molar-refractivity contribution in [2.75, 3.05) is 6.54 Å². The Morgan fingerprint density at radius 3 is 2.64 bits per heavy atom. The molecule has 1 amide bonds. The van der Waals surface area contributed by atoms with Crippen molar-refractivity contribution in [3.63, 3.8) is 0 Å². The minimum Gasteiger partial charge on any atom is -0.465 e. The van der Waals surface area contributed by atoms with Crippen molar-refractivity contribution in [2.45, 2.75) is 51.4 Å². The molecule has 0 saturated heterocycles. The number of aromatic nitrogens is 2. The van der Waals surface area contributed by atoms with E-state index in [4.69, 9.17) is 0 Å². The van der Waals surface area contributed by atoms with Gasteiger partial charge < -0.3 is 9.67 Å². The van der Waals surface area contributed by atoms with E-state index in [0.717, 1.165) is 36.5 Å². The molecule has 3 rings (SSSR count). The van der Waals surface area contributed by atoms with Crippen molar-refractivity contribution in [2.24, 2.45) is 0 Å². The Hall–Kier alpha value is -2.58. The summed E-state index contributed by atoms with van der Waals surface area (Å²) in [5.74, 6) is -0.424. The third-order valence-electron chi connectivity index (χ3n) is 5.02. The number of hydrogen-bond donors (Lipinski definition) is 1. The Balaban J connectivity index is 1.82. The van der Waals surface area contributed by atoms with Gasteiger partial charge in [0.1, 0.15) is 11.6 Å². The number of rotatable bonds is 5. The predicted octanol–water partition coefficient (Wildman–Crippen LogP) is 4.66. The van der Waals surface area contributed by atoms with Gasteiger partial charge in [-0.05, 0) is 37.0 Å². The first kappa shape index (κ1) is 20.2. The molecule has 1 N–H and O–H groups in total. The van der Waals surface area contributed by atoms with Gasteiger partial charge >= 0.3 is 12.3 Å². The zero-order chi connectivity index (χ0) is 20.5. The molecule has 28 heavy (non-hydrogen) atoms. The van der Waals surface area contributed by atoms with E-state index in [9.17, 15) is 27.5 Å². The van der Waals surface area contributed by atoms with Crippen LogP contribution in [0.25, 0.3) is 0 Å². The predicted molar refractivity (Wildman–Crippen MR) is 93.4 cm³/mol. The summed E-state index contributed by atoms with van der Waals surface area (Å²) >= 11 is 0. The van der Waals surface area contributed by atoms with Crippen LogP contribution in [0.15, 0.2) is 24.4 Å². The van der Waals surface area contributed by atoms with Crippen LogP contribution in [0.1, 0.15) is 48.5 Å². The number of aryl methyl sites for hydroxylation is 2. The van der Waals surface area contributed by atoms with Crippen LogP contribution in [0.5, 0.6) is 0 Å². The molecular weight excluding hydrogens is 378 g/mol. The van der Waals surface area contributed by atoms with Gasteiger partial charge in [0, 0.05) is 19.5 Å². The van der Waals surface area contributed by atoms with Crippen LogP contribution in [-0.2, 0) is 25.6 Å². The summed E-state index contributed by atoms with van der Waals surface area (Å²) in [7, 11) is 0. The second-order valence-corrected chi connectivity index (χ2v) is 6.84. The van der Waals surface area contributed by atoms with Crippen molar-refractivity contribution in [1.82, 2.24) is 14.5 Å². The van der Waals surface area contributed by atoms with Crippen molar-refractivity contribution >= 4 is 6.09 Å². The average Bonchev–Trinajstić information content (AvgIpc) is 3.02. The van der Waals surface area contributed by atoms with E-state index in [2.05, 4.69) is 4.98 Å². The van der Waals surface area contributed by atoms with Gasteiger partial charge in [0.15, 0.2) is 0 Å². The second kappa shape index (κ2) is 7.81. The van der Waals surface area contributed by atoms with E-state index < -0.39 is 29.7 Å². The highest BCUT2D eigenvalue weighted by Gasteiger charge is 2.35. The molecule has 1 aliphatic rings. The third kappa shape index (κ3) is 3.98. The Morgan fingerprint density at radius 2 is 2.04 bits per heavy atom. The molecule has 1 aliphatic heterocycles. The summed E-state index contributed by atoms with van der Waals surface area (Å²) in [6.07, 6.45) is -1.87. The smallest absolute Gasteiger partial charge is 0.419 e. The van der Waals surface area contributed by atoms with Gasteiger partial charge in [-0.25, -0.2) is 14.2 Å². The maximum Gasteiger partial charge on any atom is 0.419 e. The number of carbonyl (C=O) groups is 1. The van der Waals surface area contributed by atoms with Gasteiger partial charge in [-0.15, -0.1) is 0 Å². The number of benzene rings is 1. The molecule has 1 aromatic heterocycles. The summed E-state index contributed by atoms with van der Waals surface area (Å²) in [5.41, 5.74) is -0.144. The Bertz CT molecular complexity index is 863. The molecule has 0 saturated carbocycles. The normalized spacial score (nSPS) is 16.9. The number of carboxylic acid groups (broad SMARTS) is 1. The number of amides is 1. The fraction of sp³-hybridized carbons (Fsp3) is 0.474. The van der Waals surface area contributed by atoms with Gasteiger partial charge in [-0.1, -0.05) is 13.0 Å². The highest BCUT2D eigenvalue weighted by Crippen LogP contribution is 2.34. The lowest BCUT2D eigenvalue weighted by Gasteiger charge is -2.35. The van der Waals surface area contributed by atoms with E-state index in [1.54, 1.807) is 6.20 Å². The Morgan fingerprint density at radius 1 is 1.29 bits per heavy atom. The summed E-state index contributed by atoms with van der Waals surface area (Å²) in [6, 6.07) is 2.36. The van der Waals surface area contributed by atoms with Gasteiger partial charge in [-0.3, -0.25) is 4.90 Å². The van der Waals surface area contributed by atoms with Crippen LogP contribution >= 0.6 is 0 Å². The average molecular weight is 399 g/mol. The van der Waals surface area contributed by atoms with E-state index in [1.807, 2.05) is 11.5 Å². The molecule has 0 bridgehead atoms. The summed E-state index contributed by atoms with van der Waals surface area (Å²) < 4.78 is 53.9. The molecule has 152 valence electrons. The van der Waals surface area contributed by atoms with Crippen molar-refractivity contribution in [3.8, 4) is 0 Å². The molecule has 1 unspecified atom stereocenters. The van der Waals surface area contributed by atoms with E-state index in [-0.39, 0.29) is 6.42 Å². The second-order valence-electron chi connectivity index (χ2n) is 6.84. The summed E-state index contributed by atoms with van der Waals surface area (Å²) in [4.78, 5) is 17.3. The van der Waals surface area contributed by atoms with Crippen LogP contribution in [0.2, 0.25) is 0 Å². The first-order valence-corrected chi connectivity index (χ1v) is 9.11. The number of imidazole rings is 1. The molecule has 2 aromatic rings. The first-order chi connectivity index (χ1) is 13.2. The van der Waals surface area contributed by atoms with Crippen LogP contribution in [0.4, 0.5) is 22.4 Å². The molecule has 0 spiro atoms. The molecule has 5 nitrogen and oxygen atoms in total. The maximum atomic E-state index is 13.8. The van der Waals surface area contributed by atoms with Crippen LogP contribution in [-0.4, -0.2) is 32.2 Å². The molecular formula is C19H21F4N3O2. The molecule has 9 heteroatoms. The Labute approximate surface area is 159 Å². The van der Waals surface area contributed by atoms with Gasteiger partial charge in [0.2, 0.25) is 0 Å². The van der Waals surface area contributed by atoms with Gasteiger partial charge in [0.05, 0.1) is 23.5 Å². The molecule has 2 heterocycles. The van der Waals surface area contributed by atoms with Crippen molar-refractivity contribution in [3.05, 3.63) is 52.9 Å². The lowest BCUT2D eigenvalue weighted by atomic mass is 9.99. The van der Waals surface area contributed by atoms with E-state index in [1.165, 1.54) is 11.0 Å². The molecule has 0 fully saturated rings. The molecule has 1 atom stereocenters. The largest absolute Gasteiger partial charge is 0.465 e. The number of nitrogens with zero attached hydrogens (tertiary/aromatic N) is 3. The molecule has 0 radical (unpaired) electrons. The standard InChI is InChI=1S/C19H21F4N3O2/c1-2-3-17-24-11-16-15(26(18(27)28)9-8-25(16)17)7-5-12-4-6-13(14(20)10-12)19(21,22)23/h4,6,10-11,15H,2-3,5,7-9H2,1H3,(H,27,28). The monoisotopic (exact) mass is 399 g/mol. The van der Waals surface area contributed by atoms with E-state index >= 15 is 0 Å². The van der Waals surface area contributed by atoms with Crippen LogP contribution < -0.4 is 0 Å². The number of alkyl halides is 3. The highest BCUT2D eigenvalue weighted by atomic mass is 19.4. The molecule has 1 aromatic carbocycles. The fourth-order valence-corrected chi connectivity index (χ4v) is 3.68. The SMILES string of the molecule is CCCc1ncc2n1CCN(C(=O)O)C2CCc1ccc(C(F)(F)F)c(F)c1. The number of halogens is 4. The highest BCUT2D eigenvalue weighted by molar-refractivity contribution is 5.66. The Kier molecular flexibility index (Phi) is 5.62. The summed E-state index contributed by atoms with van der Waals surface area (Å²) in [5, 5.41) is 9.52. The lowest BCUT2D eigenvalue weighted by molar-refractivity contribution is -0.140.